The molecular formula is C15H16BrN5S. The number of hydrogen-bond acceptors (Lipinski definition) is 3. The minimum Gasteiger partial charge on any atom is -0.291 e. The standard InChI is InChI=1S/C15H16BrN5S/c1-9(11-7-5-4-6-8-11)21-14(17-18-15(21)22)13-12(16)10(2)20(3)19-13/h4-9H,1-3H3,(H,18,22)/t9-/m0/s1. The summed E-state index contributed by atoms with van der Waals surface area (Å²) < 4.78 is 5.35. The molecular weight excluding hydrogens is 362 g/mol. The fourth-order valence-corrected chi connectivity index (χ4v) is 3.24. The van der Waals surface area contributed by atoms with Crippen LogP contribution >= 0.6 is 28.1 Å². The van der Waals surface area contributed by atoms with Gasteiger partial charge in [0.15, 0.2) is 10.6 Å². The minimum atomic E-state index is 0.0664. The fraction of sp³-hybridized carbons (Fsp3) is 0.267. The average molecular weight is 378 g/mol. The molecule has 1 aromatic carbocycles. The van der Waals surface area contributed by atoms with E-state index in [9.17, 15) is 0 Å². The Balaban J connectivity index is 2.16. The first-order valence-electron chi connectivity index (χ1n) is 6.92. The summed E-state index contributed by atoms with van der Waals surface area (Å²) in [5.74, 6) is 0.733. The molecule has 2 heterocycles. The SMILES string of the molecule is Cc1c(Br)c(-c2n[nH]c(=S)n2[C@@H](C)c2ccccc2)nn1C. The molecule has 0 fully saturated rings. The Kier molecular flexibility index (Phi) is 4.01. The summed E-state index contributed by atoms with van der Waals surface area (Å²) in [7, 11) is 1.91. The Labute approximate surface area is 142 Å². The van der Waals surface area contributed by atoms with Crippen molar-refractivity contribution in [3.63, 3.8) is 0 Å². The van der Waals surface area contributed by atoms with Gasteiger partial charge in [0.2, 0.25) is 0 Å². The van der Waals surface area contributed by atoms with E-state index >= 15 is 0 Å². The van der Waals surface area contributed by atoms with Crippen molar-refractivity contribution in [2.75, 3.05) is 0 Å². The van der Waals surface area contributed by atoms with Gasteiger partial charge in [0.25, 0.3) is 0 Å². The van der Waals surface area contributed by atoms with Crippen molar-refractivity contribution in [1.29, 1.82) is 0 Å². The molecule has 0 unspecified atom stereocenters. The van der Waals surface area contributed by atoms with Gasteiger partial charge in [-0.25, -0.2) is 0 Å². The zero-order chi connectivity index (χ0) is 15.9. The van der Waals surface area contributed by atoms with Gasteiger partial charge in [0.05, 0.1) is 10.5 Å². The highest BCUT2D eigenvalue weighted by Crippen LogP contribution is 2.31. The van der Waals surface area contributed by atoms with E-state index in [-0.39, 0.29) is 6.04 Å². The highest BCUT2D eigenvalue weighted by molar-refractivity contribution is 9.10. The molecule has 0 saturated carbocycles. The summed E-state index contributed by atoms with van der Waals surface area (Å²) in [6, 6.07) is 10.3. The Morgan fingerprint density at radius 1 is 1.27 bits per heavy atom. The largest absolute Gasteiger partial charge is 0.291 e. The van der Waals surface area contributed by atoms with E-state index in [1.54, 1.807) is 0 Å². The first-order chi connectivity index (χ1) is 10.5. The molecule has 0 aliphatic heterocycles. The number of aromatic nitrogens is 5. The van der Waals surface area contributed by atoms with Crippen molar-refractivity contribution in [1.82, 2.24) is 24.5 Å². The van der Waals surface area contributed by atoms with Gasteiger partial charge in [0.1, 0.15) is 5.69 Å². The van der Waals surface area contributed by atoms with Crippen molar-refractivity contribution in [3.8, 4) is 11.5 Å². The molecule has 0 radical (unpaired) electrons. The van der Waals surface area contributed by atoms with Crippen molar-refractivity contribution in [2.45, 2.75) is 19.9 Å². The lowest BCUT2D eigenvalue weighted by atomic mass is 10.1. The van der Waals surface area contributed by atoms with Crippen LogP contribution in [0.15, 0.2) is 34.8 Å². The second kappa shape index (κ2) is 5.81. The van der Waals surface area contributed by atoms with E-state index in [1.165, 1.54) is 5.56 Å². The molecule has 0 amide bonds. The maximum atomic E-state index is 5.43. The van der Waals surface area contributed by atoms with Crippen LogP contribution in [0, 0.1) is 11.7 Å². The lowest BCUT2D eigenvalue weighted by Crippen LogP contribution is -2.09. The topological polar surface area (TPSA) is 51.4 Å². The zero-order valence-electron chi connectivity index (χ0n) is 12.5. The van der Waals surface area contributed by atoms with Crippen LogP contribution < -0.4 is 0 Å². The van der Waals surface area contributed by atoms with Crippen LogP contribution in [0.5, 0.6) is 0 Å². The molecule has 114 valence electrons. The number of halogens is 1. The van der Waals surface area contributed by atoms with Gasteiger partial charge in [0, 0.05) is 12.7 Å². The van der Waals surface area contributed by atoms with Crippen LogP contribution in [0.25, 0.3) is 11.5 Å². The number of aryl methyl sites for hydroxylation is 1. The third-order valence-electron chi connectivity index (χ3n) is 3.85. The fourth-order valence-electron chi connectivity index (χ4n) is 2.44. The molecule has 5 nitrogen and oxygen atoms in total. The van der Waals surface area contributed by atoms with Crippen molar-refractivity contribution < 1.29 is 0 Å². The van der Waals surface area contributed by atoms with Crippen LogP contribution in [0.3, 0.4) is 0 Å². The van der Waals surface area contributed by atoms with Crippen LogP contribution in [0.2, 0.25) is 0 Å². The lowest BCUT2D eigenvalue weighted by molar-refractivity contribution is 0.632. The summed E-state index contributed by atoms with van der Waals surface area (Å²) in [5.41, 5.74) is 3.00. The third-order valence-corrected chi connectivity index (χ3v) is 5.08. The first-order valence-corrected chi connectivity index (χ1v) is 8.12. The third kappa shape index (κ3) is 2.44. The van der Waals surface area contributed by atoms with Crippen molar-refractivity contribution >= 4 is 28.1 Å². The van der Waals surface area contributed by atoms with Gasteiger partial charge in [-0.3, -0.25) is 14.3 Å². The Hall–Kier alpha value is -1.73. The Morgan fingerprint density at radius 3 is 2.55 bits per heavy atom. The second-order valence-electron chi connectivity index (χ2n) is 5.18. The van der Waals surface area contributed by atoms with E-state index in [4.69, 9.17) is 12.2 Å². The Bertz CT molecular complexity index is 862. The molecule has 0 saturated heterocycles. The van der Waals surface area contributed by atoms with Crippen LogP contribution in [0.1, 0.15) is 24.2 Å². The molecule has 7 heteroatoms. The smallest absolute Gasteiger partial charge is 0.196 e. The van der Waals surface area contributed by atoms with Crippen molar-refractivity contribution in [3.05, 3.63) is 50.8 Å². The van der Waals surface area contributed by atoms with Crippen LogP contribution in [-0.2, 0) is 7.05 Å². The number of nitrogens with one attached hydrogen (secondary N) is 1. The molecule has 0 spiro atoms. The van der Waals surface area contributed by atoms with Crippen LogP contribution in [0.4, 0.5) is 0 Å². The molecule has 1 atom stereocenters. The number of nitrogens with zero attached hydrogens (tertiary/aromatic N) is 4. The molecule has 0 aliphatic rings. The van der Waals surface area contributed by atoms with E-state index in [0.717, 1.165) is 21.7 Å². The van der Waals surface area contributed by atoms with Gasteiger partial charge >= 0.3 is 0 Å². The Morgan fingerprint density at radius 2 is 1.95 bits per heavy atom. The molecule has 3 aromatic rings. The molecule has 22 heavy (non-hydrogen) atoms. The quantitative estimate of drug-likeness (QED) is 0.701. The molecule has 1 N–H and O–H groups in total. The average Bonchev–Trinajstić information content (AvgIpc) is 3.02. The van der Waals surface area contributed by atoms with Gasteiger partial charge in [-0.1, -0.05) is 30.3 Å². The molecule has 2 aromatic heterocycles. The van der Waals surface area contributed by atoms with Gasteiger partial charge in [-0.2, -0.15) is 10.2 Å². The van der Waals surface area contributed by atoms with Gasteiger partial charge in [-0.15, -0.1) is 0 Å². The molecule has 0 bridgehead atoms. The highest BCUT2D eigenvalue weighted by Gasteiger charge is 2.21. The summed E-state index contributed by atoms with van der Waals surface area (Å²) in [6.07, 6.45) is 0. The van der Waals surface area contributed by atoms with Gasteiger partial charge in [-0.05, 0) is 47.6 Å². The number of hydrogen-bond donors (Lipinski definition) is 1. The van der Waals surface area contributed by atoms with Gasteiger partial charge < -0.3 is 0 Å². The normalized spacial score (nSPS) is 12.5. The lowest BCUT2D eigenvalue weighted by Gasteiger charge is -2.15. The second-order valence-corrected chi connectivity index (χ2v) is 6.36. The minimum absolute atomic E-state index is 0.0664. The van der Waals surface area contributed by atoms with E-state index < -0.39 is 0 Å². The summed E-state index contributed by atoms with van der Waals surface area (Å²) >= 11 is 9.03. The maximum absolute atomic E-state index is 5.43. The van der Waals surface area contributed by atoms with Crippen LogP contribution in [-0.4, -0.2) is 24.5 Å². The number of rotatable bonds is 3. The van der Waals surface area contributed by atoms with E-state index in [0.29, 0.717) is 4.77 Å². The summed E-state index contributed by atoms with van der Waals surface area (Å²) in [5, 5.41) is 11.8. The first kappa shape index (κ1) is 15.2. The summed E-state index contributed by atoms with van der Waals surface area (Å²) in [6.45, 7) is 4.11. The predicted molar refractivity (Wildman–Crippen MR) is 92.3 cm³/mol. The zero-order valence-corrected chi connectivity index (χ0v) is 14.9. The number of aromatic amines is 1. The van der Waals surface area contributed by atoms with E-state index in [2.05, 4.69) is 50.3 Å². The summed E-state index contributed by atoms with van der Waals surface area (Å²) in [4.78, 5) is 0. The predicted octanol–water partition coefficient (Wildman–Crippen LogP) is 4.02. The van der Waals surface area contributed by atoms with Crippen molar-refractivity contribution in [2.24, 2.45) is 7.05 Å². The molecule has 0 aliphatic carbocycles. The maximum Gasteiger partial charge on any atom is 0.196 e. The molecule has 3 rings (SSSR count). The highest BCUT2D eigenvalue weighted by atomic mass is 79.9. The number of benzene rings is 1. The van der Waals surface area contributed by atoms with E-state index in [1.807, 2.05) is 41.4 Å². The number of H-pyrrole nitrogens is 1. The monoisotopic (exact) mass is 377 g/mol.